The van der Waals surface area contributed by atoms with Gasteiger partial charge in [-0.25, -0.2) is 4.79 Å². The largest absolute Gasteiger partial charge is 0.497 e. The molecule has 2 unspecified atom stereocenters. The summed E-state index contributed by atoms with van der Waals surface area (Å²) in [6.07, 6.45) is -0.789. The van der Waals surface area contributed by atoms with E-state index >= 15 is 0 Å². The number of hydrogen-bond donors (Lipinski definition) is 3. The van der Waals surface area contributed by atoms with Crippen LogP contribution in [0.15, 0.2) is 54.6 Å². The maximum absolute atomic E-state index is 11.9. The van der Waals surface area contributed by atoms with Crippen LogP contribution in [0.2, 0.25) is 0 Å². The summed E-state index contributed by atoms with van der Waals surface area (Å²) in [5, 5.41) is 15.7. The molecule has 0 bridgehead atoms. The molecule has 2 rings (SSSR count). The van der Waals surface area contributed by atoms with Gasteiger partial charge < -0.3 is 20.5 Å². The van der Waals surface area contributed by atoms with E-state index in [0.717, 1.165) is 5.56 Å². The Morgan fingerprint density at radius 3 is 2.52 bits per heavy atom. The maximum atomic E-state index is 11.9. The first-order chi connectivity index (χ1) is 11.1. The van der Waals surface area contributed by atoms with Crippen molar-refractivity contribution in [1.82, 2.24) is 10.6 Å². The summed E-state index contributed by atoms with van der Waals surface area (Å²) < 4.78 is 5.12. The van der Waals surface area contributed by atoms with Gasteiger partial charge in [-0.1, -0.05) is 42.5 Å². The zero-order chi connectivity index (χ0) is 16.7. The molecule has 0 aromatic heterocycles. The molecule has 0 aliphatic heterocycles. The summed E-state index contributed by atoms with van der Waals surface area (Å²) in [7, 11) is 1.57. The van der Waals surface area contributed by atoms with Crippen LogP contribution in [0.5, 0.6) is 5.75 Å². The SMILES string of the molecule is COc1cccc(C(O)CNC(=O)NC(C)c2ccccc2)c1. The Labute approximate surface area is 136 Å². The molecule has 0 aliphatic rings. The van der Waals surface area contributed by atoms with Crippen LogP contribution in [0.25, 0.3) is 0 Å². The van der Waals surface area contributed by atoms with Crippen molar-refractivity contribution in [3.8, 4) is 5.75 Å². The van der Waals surface area contributed by atoms with Crippen molar-refractivity contribution < 1.29 is 14.6 Å². The molecule has 0 fully saturated rings. The quantitative estimate of drug-likeness (QED) is 0.768. The van der Waals surface area contributed by atoms with Gasteiger partial charge in [0.15, 0.2) is 0 Å². The number of aliphatic hydroxyl groups is 1. The van der Waals surface area contributed by atoms with Gasteiger partial charge >= 0.3 is 6.03 Å². The van der Waals surface area contributed by atoms with E-state index < -0.39 is 6.10 Å². The number of benzene rings is 2. The van der Waals surface area contributed by atoms with Crippen LogP contribution >= 0.6 is 0 Å². The fourth-order valence-corrected chi connectivity index (χ4v) is 2.23. The molecule has 122 valence electrons. The molecule has 2 aromatic rings. The van der Waals surface area contributed by atoms with Crippen LogP contribution in [0, 0.1) is 0 Å². The van der Waals surface area contributed by atoms with E-state index in [1.807, 2.05) is 37.3 Å². The third kappa shape index (κ3) is 5.00. The van der Waals surface area contributed by atoms with E-state index in [2.05, 4.69) is 10.6 Å². The van der Waals surface area contributed by atoms with E-state index in [9.17, 15) is 9.90 Å². The van der Waals surface area contributed by atoms with Crippen molar-refractivity contribution in [3.63, 3.8) is 0 Å². The van der Waals surface area contributed by atoms with Gasteiger partial charge in [0.25, 0.3) is 0 Å². The first-order valence-corrected chi connectivity index (χ1v) is 7.51. The Balaban J connectivity index is 1.84. The number of ether oxygens (including phenoxy) is 1. The lowest BCUT2D eigenvalue weighted by Gasteiger charge is -2.17. The molecule has 3 N–H and O–H groups in total. The maximum Gasteiger partial charge on any atom is 0.315 e. The zero-order valence-electron chi connectivity index (χ0n) is 13.3. The van der Waals surface area contributed by atoms with E-state index in [1.54, 1.807) is 31.4 Å². The van der Waals surface area contributed by atoms with Crippen molar-refractivity contribution in [2.75, 3.05) is 13.7 Å². The topological polar surface area (TPSA) is 70.6 Å². The highest BCUT2D eigenvalue weighted by molar-refractivity contribution is 5.74. The van der Waals surface area contributed by atoms with Gasteiger partial charge in [-0.15, -0.1) is 0 Å². The minimum absolute atomic E-state index is 0.106. The third-order valence-electron chi connectivity index (χ3n) is 3.58. The lowest BCUT2D eigenvalue weighted by atomic mass is 10.1. The predicted molar refractivity (Wildman–Crippen MR) is 89.3 cm³/mol. The van der Waals surface area contributed by atoms with Gasteiger partial charge in [0.2, 0.25) is 0 Å². The van der Waals surface area contributed by atoms with Gasteiger partial charge in [0.1, 0.15) is 5.75 Å². The van der Waals surface area contributed by atoms with Crippen molar-refractivity contribution in [2.45, 2.75) is 19.1 Å². The highest BCUT2D eigenvalue weighted by atomic mass is 16.5. The second-order valence-electron chi connectivity index (χ2n) is 5.28. The molecule has 0 radical (unpaired) electrons. The number of methoxy groups -OCH3 is 1. The van der Waals surface area contributed by atoms with Crippen LogP contribution < -0.4 is 15.4 Å². The Morgan fingerprint density at radius 1 is 1.13 bits per heavy atom. The molecule has 0 saturated carbocycles. The minimum Gasteiger partial charge on any atom is -0.497 e. The molecule has 2 aromatic carbocycles. The summed E-state index contributed by atoms with van der Waals surface area (Å²) in [6, 6.07) is 16.4. The molecule has 23 heavy (non-hydrogen) atoms. The molecular formula is C18H22N2O3. The van der Waals surface area contributed by atoms with E-state index in [4.69, 9.17) is 4.74 Å². The summed E-state index contributed by atoms with van der Waals surface area (Å²) in [5.41, 5.74) is 1.72. The molecule has 0 saturated heterocycles. The smallest absolute Gasteiger partial charge is 0.315 e. The minimum atomic E-state index is -0.789. The number of carbonyl (C=O) groups is 1. The number of urea groups is 1. The normalized spacial score (nSPS) is 13.0. The Hall–Kier alpha value is -2.53. The van der Waals surface area contributed by atoms with Crippen LogP contribution in [0.3, 0.4) is 0 Å². The van der Waals surface area contributed by atoms with Gasteiger partial charge in [-0.3, -0.25) is 0 Å². The molecule has 5 nitrogen and oxygen atoms in total. The molecule has 0 heterocycles. The second kappa shape index (κ2) is 8.19. The number of amides is 2. The molecule has 2 atom stereocenters. The number of carbonyl (C=O) groups excluding carboxylic acids is 1. The first kappa shape index (κ1) is 16.8. The number of aliphatic hydroxyl groups excluding tert-OH is 1. The number of rotatable bonds is 6. The van der Waals surface area contributed by atoms with E-state index in [1.165, 1.54) is 0 Å². The lowest BCUT2D eigenvalue weighted by Crippen LogP contribution is -2.39. The summed E-state index contributed by atoms with van der Waals surface area (Å²) in [4.78, 5) is 11.9. The third-order valence-corrected chi connectivity index (χ3v) is 3.58. The van der Waals surface area contributed by atoms with Gasteiger partial charge in [0, 0.05) is 6.54 Å². The summed E-state index contributed by atoms with van der Waals surface area (Å²) in [5.74, 6) is 0.670. The van der Waals surface area contributed by atoms with Gasteiger partial charge in [-0.05, 0) is 30.2 Å². The van der Waals surface area contributed by atoms with E-state index in [0.29, 0.717) is 11.3 Å². The fraction of sp³-hybridized carbons (Fsp3) is 0.278. The Morgan fingerprint density at radius 2 is 1.83 bits per heavy atom. The van der Waals surface area contributed by atoms with Gasteiger partial charge in [-0.2, -0.15) is 0 Å². The standard InChI is InChI=1S/C18H22N2O3/c1-13(14-7-4-3-5-8-14)20-18(22)19-12-17(21)15-9-6-10-16(11-15)23-2/h3-11,13,17,21H,12H2,1-2H3,(H2,19,20,22). The van der Waals surface area contributed by atoms with E-state index in [-0.39, 0.29) is 18.6 Å². The molecule has 2 amide bonds. The number of nitrogens with one attached hydrogen (secondary N) is 2. The van der Waals surface area contributed by atoms with Crippen molar-refractivity contribution >= 4 is 6.03 Å². The number of hydrogen-bond acceptors (Lipinski definition) is 3. The second-order valence-corrected chi connectivity index (χ2v) is 5.28. The van der Waals surface area contributed by atoms with Crippen LogP contribution in [0.4, 0.5) is 4.79 Å². The predicted octanol–water partition coefficient (Wildman–Crippen LogP) is 2.79. The molecule has 5 heteroatoms. The molecular weight excluding hydrogens is 292 g/mol. The molecule has 0 aliphatic carbocycles. The van der Waals surface area contributed by atoms with Gasteiger partial charge in [0.05, 0.1) is 19.3 Å². The average molecular weight is 314 g/mol. The monoisotopic (exact) mass is 314 g/mol. The summed E-state index contributed by atoms with van der Waals surface area (Å²) >= 11 is 0. The van der Waals surface area contributed by atoms with Crippen LogP contribution in [0.1, 0.15) is 30.2 Å². The Bertz CT molecular complexity index is 631. The highest BCUT2D eigenvalue weighted by Crippen LogP contribution is 2.18. The van der Waals surface area contributed by atoms with Crippen molar-refractivity contribution in [1.29, 1.82) is 0 Å². The zero-order valence-corrected chi connectivity index (χ0v) is 13.3. The fourth-order valence-electron chi connectivity index (χ4n) is 2.23. The van der Waals surface area contributed by atoms with Crippen molar-refractivity contribution in [3.05, 3.63) is 65.7 Å². The van der Waals surface area contributed by atoms with Crippen LogP contribution in [-0.2, 0) is 0 Å². The molecule has 0 spiro atoms. The van der Waals surface area contributed by atoms with Crippen LogP contribution in [-0.4, -0.2) is 24.8 Å². The average Bonchev–Trinajstić information content (AvgIpc) is 2.60. The Kier molecular flexibility index (Phi) is 6.00. The summed E-state index contributed by atoms with van der Waals surface area (Å²) in [6.45, 7) is 2.04. The highest BCUT2D eigenvalue weighted by Gasteiger charge is 2.12. The van der Waals surface area contributed by atoms with Crippen molar-refractivity contribution in [2.24, 2.45) is 0 Å². The lowest BCUT2D eigenvalue weighted by molar-refractivity contribution is 0.172. The first-order valence-electron chi connectivity index (χ1n) is 7.51.